The van der Waals surface area contributed by atoms with E-state index >= 15 is 0 Å². The van der Waals surface area contributed by atoms with E-state index in [1.807, 2.05) is 0 Å². The maximum atomic E-state index is 9.92. The number of hydrogen-bond acceptors (Lipinski definition) is 6. The van der Waals surface area contributed by atoms with Gasteiger partial charge in [0.15, 0.2) is 36.2 Å². The van der Waals surface area contributed by atoms with Crippen molar-refractivity contribution in [1.82, 2.24) is 0 Å². The molecule has 71 heavy (non-hydrogen) atoms. The van der Waals surface area contributed by atoms with E-state index in [0.717, 1.165) is 0 Å². The molecule has 1 atom stereocenters. The minimum atomic E-state index is -3.82. The fourth-order valence-corrected chi connectivity index (χ4v) is 11.7. The van der Waals surface area contributed by atoms with E-state index in [4.69, 9.17) is 9.66 Å². The Morgan fingerprint density at radius 1 is 0.366 bits per heavy atom. The van der Waals surface area contributed by atoms with Crippen LogP contribution < -0.4 is 0 Å². The first kappa shape index (κ1) is 59.8. The zero-order chi connectivity index (χ0) is 53.4. The Kier molecular flexibility index (Phi) is 20.2. The predicted octanol–water partition coefficient (Wildman–Crippen LogP) is 16.3. The van der Waals surface area contributed by atoms with Gasteiger partial charge in [-0.25, -0.2) is 0 Å². The number of aliphatic hydroxyl groups is 1. The van der Waals surface area contributed by atoms with Crippen LogP contribution >= 0.6 is 0 Å². The third-order valence-electron chi connectivity index (χ3n) is 12.0. The molecule has 0 radical (unpaired) electrons. The molecule has 0 aliphatic rings. The van der Waals surface area contributed by atoms with Crippen LogP contribution in [-0.4, -0.2) is 20.7 Å². The van der Waals surface area contributed by atoms with E-state index < -0.39 is 15.8 Å². The molecule has 0 spiro atoms. The molecule has 1 unspecified atom stereocenters. The van der Waals surface area contributed by atoms with Crippen LogP contribution in [0.3, 0.4) is 0 Å². The smallest absolute Gasteiger partial charge is 0.296 e. The normalized spacial score (nSPS) is 13.5. The maximum Gasteiger partial charge on any atom is 0.296 e. The van der Waals surface area contributed by atoms with Gasteiger partial charge in [-0.15, -0.1) is 0 Å². The molecular formula is C61H82O6S4+2. The second kappa shape index (κ2) is 24.0. The van der Waals surface area contributed by atoms with Gasteiger partial charge in [-0.2, -0.15) is 9.10 Å². The van der Waals surface area contributed by atoms with E-state index in [2.05, 4.69) is 296 Å². The highest BCUT2D eigenvalue weighted by molar-refractivity contribution is 8.26. The number of hydrogen-bond donors (Lipinski definition) is 2. The second-order valence-corrected chi connectivity index (χ2v) is 30.4. The molecule has 0 heterocycles. The van der Waals surface area contributed by atoms with E-state index in [1.165, 1.54) is 62.8 Å². The Hall–Kier alpha value is -3.81. The molecule has 0 aliphatic heterocycles. The standard InChI is InChI=1S/2C30H39S.CH4O6S2/c2*1-28(2,3)22-10-16-25(17-11-22)31(26-18-12-23(13-19-26)29(4,5)6)27-20-14-24(15-21-27)30(7,8)9;2-1-5-6-7-9(3,4)8/h2*10-21H,1-9H3;2H,1H2,(H,3,4,8)/q2*+1;. The molecule has 0 fully saturated rings. The largest absolute Gasteiger partial charge is 0.368 e. The topological polar surface area (TPSA) is 85.2 Å². The average Bonchev–Trinajstić information content (AvgIpc) is 3.26. The molecule has 0 saturated heterocycles. The monoisotopic (exact) mass is 1040 g/mol. The first-order valence-electron chi connectivity index (χ1n) is 24.3. The van der Waals surface area contributed by atoms with Crippen LogP contribution in [-0.2, 0) is 88.8 Å². The van der Waals surface area contributed by atoms with Gasteiger partial charge in [-0.1, -0.05) is 202 Å². The Morgan fingerprint density at radius 3 is 0.634 bits per heavy atom. The van der Waals surface area contributed by atoms with Gasteiger partial charge >= 0.3 is 0 Å². The second-order valence-electron chi connectivity index (χ2n) is 24.1. The van der Waals surface area contributed by atoms with Crippen LogP contribution in [0.2, 0.25) is 0 Å². The minimum Gasteiger partial charge on any atom is -0.368 e. The molecule has 10 heteroatoms. The van der Waals surface area contributed by atoms with Crippen molar-refractivity contribution >= 4 is 42.0 Å². The van der Waals surface area contributed by atoms with Crippen molar-refractivity contribution in [3.63, 3.8) is 0 Å². The van der Waals surface area contributed by atoms with Crippen LogP contribution in [0.4, 0.5) is 0 Å². The summed E-state index contributed by atoms with van der Waals surface area (Å²) in [6, 6.07) is 55.7. The molecule has 0 saturated carbocycles. The number of aliphatic hydroxyl groups excluding tert-OH is 1. The Labute approximate surface area is 439 Å². The molecule has 6 aromatic rings. The van der Waals surface area contributed by atoms with E-state index in [1.54, 1.807) is 0 Å². The molecule has 2 N–H and O–H groups in total. The predicted molar refractivity (Wildman–Crippen MR) is 304 cm³/mol. The van der Waals surface area contributed by atoms with Crippen LogP contribution in [0.15, 0.2) is 175 Å². The molecule has 0 aromatic heterocycles. The molecule has 6 aromatic carbocycles. The summed E-state index contributed by atoms with van der Waals surface area (Å²) in [4.78, 5) is 11.9. The molecule has 6 nitrogen and oxygen atoms in total. The van der Waals surface area contributed by atoms with Gasteiger partial charge in [0.2, 0.25) is 0 Å². The number of benzene rings is 6. The van der Waals surface area contributed by atoms with Crippen LogP contribution in [0.5, 0.6) is 0 Å². The van der Waals surface area contributed by atoms with Gasteiger partial charge in [0.05, 0.1) is 21.8 Å². The summed E-state index contributed by atoms with van der Waals surface area (Å²) >= 11 is 3.77. The van der Waals surface area contributed by atoms with Crippen molar-refractivity contribution in [1.29, 1.82) is 0 Å². The summed E-state index contributed by atoms with van der Waals surface area (Å²) < 4.78 is 21.5. The quantitative estimate of drug-likeness (QED) is 0.0465. The average molecular weight is 1040 g/mol. The van der Waals surface area contributed by atoms with Crippen LogP contribution in [0.25, 0.3) is 0 Å². The fraction of sp³-hybridized carbons (Fsp3) is 0.410. The highest BCUT2D eigenvalue weighted by atomic mass is 32.9. The summed E-state index contributed by atoms with van der Waals surface area (Å²) in [5.74, 6) is 0. The lowest BCUT2D eigenvalue weighted by atomic mass is 9.87. The zero-order valence-corrected chi connectivity index (χ0v) is 49.0. The highest BCUT2D eigenvalue weighted by Gasteiger charge is 2.32. The fourth-order valence-electron chi connectivity index (χ4n) is 7.44. The summed E-state index contributed by atoms with van der Waals surface area (Å²) in [6.45, 7) is 40.2. The first-order valence-corrected chi connectivity index (χ1v) is 29.1. The SMILES string of the molecule is CC(C)(C)c1ccc([S+](c2ccc(C(C)(C)C)cc2)c2ccc(C(C)(C)C)cc2)cc1.CC(C)(C)c1ccc([S+](c2ccc(C(C)(C)C)cc2)c2ccc(C(C)(C)C)cc2)cc1.O=S(O)(=S)OOOCO. The Balaban J connectivity index is 0.000000263. The van der Waals surface area contributed by atoms with Crippen molar-refractivity contribution in [2.45, 2.75) is 186 Å². The molecule has 0 bridgehead atoms. The molecule has 0 amide bonds. The lowest BCUT2D eigenvalue weighted by Crippen LogP contribution is -2.13. The van der Waals surface area contributed by atoms with E-state index in [0.29, 0.717) is 0 Å². The van der Waals surface area contributed by atoms with Gasteiger partial charge < -0.3 is 5.11 Å². The van der Waals surface area contributed by atoms with Crippen LogP contribution in [0.1, 0.15) is 158 Å². The van der Waals surface area contributed by atoms with Gasteiger partial charge in [-0.3, -0.25) is 4.55 Å². The minimum absolute atomic E-state index is 0.120. The van der Waals surface area contributed by atoms with E-state index in [-0.39, 0.29) is 54.3 Å². The van der Waals surface area contributed by atoms with Gasteiger partial charge in [0.1, 0.15) is 0 Å². The molecule has 6 rings (SSSR count). The van der Waals surface area contributed by atoms with Crippen molar-refractivity contribution in [3.8, 4) is 0 Å². The first-order chi connectivity index (χ1) is 32.6. The highest BCUT2D eigenvalue weighted by Crippen LogP contribution is 2.38. The molecular weight excluding hydrogens is 957 g/mol. The summed E-state index contributed by atoms with van der Waals surface area (Å²) in [6.07, 6.45) is 0. The van der Waals surface area contributed by atoms with E-state index in [9.17, 15) is 4.21 Å². The summed E-state index contributed by atoms with van der Waals surface area (Å²) in [5, 5.41) is 11.3. The van der Waals surface area contributed by atoms with Gasteiger partial charge in [-0.05, 0) is 144 Å². The summed E-state index contributed by atoms with van der Waals surface area (Å²) in [5.41, 5.74) is 9.28. The summed E-state index contributed by atoms with van der Waals surface area (Å²) in [7, 11) is -4.06. The Morgan fingerprint density at radius 2 is 0.521 bits per heavy atom. The van der Waals surface area contributed by atoms with Crippen LogP contribution in [0, 0.1) is 0 Å². The third kappa shape index (κ3) is 18.3. The molecule has 0 aliphatic carbocycles. The van der Waals surface area contributed by atoms with Crippen molar-refractivity contribution in [3.05, 3.63) is 179 Å². The van der Waals surface area contributed by atoms with Crippen molar-refractivity contribution < 1.29 is 28.1 Å². The van der Waals surface area contributed by atoms with Crippen molar-refractivity contribution in [2.24, 2.45) is 0 Å². The lowest BCUT2D eigenvalue weighted by molar-refractivity contribution is -0.481. The molecule has 384 valence electrons. The zero-order valence-electron chi connectivity index (χ0n) is 45.7. The number of rotatable bonds is 10. The van der Waals surface area contributed by atoms with Crippen molar-refractivity contribution in [2.75, 3.05) is 6.79 Å². The Bertz CT molecular complexity index is 2230. The van der Waals surface area contributed by atoms with Gasteiger partial charge in [0, 0.05) is 11.2 Å². The maximum absolute atomic E-state index is 9.92. The van der Waals surface area contributed by atoms with Gasteiger partial charge in [0.25, 0.3) is 9.05 Å². The lowest BCUT2D eigenvalue weighted by Gasteiger charge is -2.21. The third-order valence-corrected chi connectivity index (χ3v) is 16.8.